The molecular formula is C16H23ClN6O3. The zero-order chi connectivity index (χ0) is 19.6. The van der Waals surface area contributed by atoms with Gasteiger partial charge in [-0.05, 0) is 32.9 Å². The van der Waals surface area contributed by atoms with E-state index in [4.69, 9.17) is 21.7 Å². The van der Waals surface area contributed by atoms with Crippen LogP contribution in [-0.2, 0) is 16.1 Å². The van der Waals surface area contributed by atoms with Crippen LogP contribution in [0.2, 0.25) is 5.02 Å². The highest BCUT2D eigenvalue weighted by atomic mass is 35.5. The number of carbonyl (C=O) groups excluding carboxylic acids is 2. The van der Waals surface area contributed by atoms with Crippen LogP contribution in [0, 0.1) is 5.41 Å². The Morgan fingerprint density at radius 2 is 2.08 bits per heavy atom. The average Bonchev–Trinajstić information content (AvgIpc) is 2.55. The molecule has 0 fully saturated rings. The lowest BCUT2D eigenvalue weighted by molar-refractivity contribution is -0.115. The first-order valence-corrected chi connectivity index (χ1v) is 8.26. The number of carbonyl (C=O) groups is 2. The number of amides is 2. The minimum atomic E-state index is -0.656. The maximum absolute atomic E-state index is 11.7. The summed E-state index contributed by atoms with van der Waals surface area (Å²) in [5.74, 6) is -1.12. The highest BCUT2D eigenvalue weighted by Crippen LogP contribution is 2.11. The number of aliphatic imine (C=N–C) groups is 1. The second-order valence-corrected chi connectivity index (χ2v) is 6.51. The van der Waals surface area contributed by atoms with Gasteiger partial charge in [-0.1, -0.05) is 11.6 Å². The highest BCUT2D eigenvalue weighted by molar-refractivity contribution is 6.38. The number of ether oxygens (including phenoxy) is 1. The first kappa shape index (κ1) is 21.4. The summed E-state index contributed by atoms with van der Waals surface area (Å²) in [5, 5.41) is 15.8. The van der Waals surface area contributed by atoms with Crippen molar-refractivity contribution in [3.05, 3.63) is 29.0 Å². The predicted molar refractivity (Wildman–Crippen MR) is 99.6 cm³/mol. The van der Waals surface area contributed by atoms with Crippen molar-refractivity contribution in [2.24, 2.45) is 4.99 Å². The number of hydrogen-bond donors (Lipinski definition) is 4. The summed E-state index contributed by atoms with van der Waals surface area (Å²) in [6, 6.07) is 3.35. The van der Waals surface area contributed by atoms with Crippen molar-refractivity contribution in [3.8, 4) is 0 Å². The van der Waals surface area contributed by atoms with Crippen LogP contribution in [0.4, 0.5) is 4.79 Å². The van der Waals surface area contributed by atoms with Crippen molar-refractivity contribution in [1.29, 1.82) is 5.41 Å². The number of nitrogens with zero attached hydrogens (tertiary/aromatic N) is 2. The molecular weight excluding hydrogens is 360 g/mol. The van der Waals surface area contributed by atoms with Crippen LogP contribution in [0.5, 0.6) is 0 Å². The molecule has 9 nitrogen and oxygen atoms in total. The minimum absolute atomic E-state index is 0.101. The topological polar surface area (TPSA) is 129 Å². The summed E-state index contributed by atoms with van der Waals surface area (Å²) < 4.78 is 5.07. The zero-order valence-electron chi connectivity index (χ0n) is 14.9. The Hall–Kier alpha value is -2.68. The van der Waals surface area contributed by atoms with E-state index in [1.54, 1.807) is 39.1 Å². The number of aromatic nitrogens is 1. The van der Waals surface area contributed by atoms with Crippen molar-refractivity contribution in [2.75, 3.05) is 13.1 Å². The van der Waals surface area contributed by atoms with Crippen LogP contribution in [0.3, 0.4) is 0 Å². The molecule has 10 heteroatoms. The lowest BCUT2D eigenvalue weighted by Gasteiger charge is -2.19. The van der Waals surface area contributed by atoms with Crippen LogP contribution in [0.15, 0.2) is 23.3 Å². The summed E-state index contributed by atoms with van der Waals surface area (Å²) in [4.78, 5) is 30.9. The van der Waals surface area contributed by atoms with E-state index in [0.29, 0.717) is 23.8 Å². The lowest BCUT2D eigenvalue weighted by Crippen LogP contribution is -2.36. The summed E-state index contributed by atoms with van der Waals surface area (Å²) >= 11 is 5.93. The van der Waals surface area contributed by atoms with Crippen molar-refractivity contribution >= 4 is 35.8 Å². The van der Waals surface area contributed by atoms with Gasteiger partial charge in [0.15, 0.2) is 0 Å². The second-order valence-electron chi connectivity index (χ2n) is 6.10. The van der Waals surface area contributed by atoms with Gasteiger partial charge in [-0.2, -0.15) is 0 Å². The first-order chi connectivity index (χ1) is 12.2. The maximum Gasteiger partial charge on any atom is 0.407 e. The smallest absolute Gasteiger partial charge is 0.407 e. The van der Waals surface area contributed by atoms with E-state index in [0.717, 1.165) is 0 Å². The predicted octanol–water partition coefficient (Wildman–Crippen LogP) is 1.47. The van der Waals surface area contributed by atoms with Crippen molar-refractivity contribution in [2.45, 2.75) is 32.9 Å². The Balaban J connectivity index is 2.22. The number of pyridine rings is 1. The van der Waals surface area contributed by atoms with Gasteiger partial charge in [-0.15, -0.1) is 0 Å². The molecule has 0 bridgehead atoms. The first-order valence-electron chi connectivity index (χ1n) is 7.88. The van der Waals surface area contributed by atoms with Gasteiger partial charge in [0.25, 0.3) is 5.91 Å². The lowest BCUT2D eigenvalue weighted by atomic mass is 10.2. The molecule has 0 aliphatic heterocycles. The third-order valence-corrected chi connectivity index (χ3v) is 3.03. The van der Waals surface area contributed by atoms with E-state index >= 15 is 0 Å². The molecule has 1 aromatic heterocycles. The van der Waals surface area contributed by atoms with Gasteiger partial charge in [0.1, 0.15) is 5.60 Å². The number of rotatable bonds is 6. The molecule has 0 aliphatic carbocycles. The van der Waals surface area contributed by atoms with Gasteiger partial charge < -0.3 is 20.7 Å². The van der Waals surface area contributed by atoms with Crippen LogP contribution in [0.1, 0.15) is 26.5 Å². The summed E-state index contributed by atoms with van der Waals surface area (Å²) in [6.07, 6.45) is 2.26. The molecule has 0 spiro atoms. The fourth-order valence-corrected chi connectivity index (χ4v) is 1.77. The van der Waals surface area contributed by atoms with Crippen LogP contribution in [-0.4, -0.2) is 47.8 Å². The van der Waals surface area contributed by atoms with Crippen LogP contribution < -0.4 is 16.0 Å². The molecule has 0 atom stereocenters. The second kappa shape index (κ2) is 10.3. The zero-order valence-corrected chi connectivity index (χ0v) is 15.7. The fourth-order valence-electron chi connectivity index (χ4n) is 1.58. The Morgan fingerprint density at radius 1 is 1.35 bits per heavy atom. The minimum Gasteiger partial charge on any atom is -0.444 e. The molecule has 0 radical (unpaired) electrons. The largest absolute Gasteiger partial charge is 0.444 e. The number of hydrogen-bond acceptors (Lipinski definition) is 5. The molecule has 1 heterocycles. The SMILES string of the molecule is CC(C)(C)OC(=O)NCCN/C=N\C(=N)C(=O)NCc1ncccc1Cl. The molecule has 0 saturated carbocycles. The van der Waals surface area contributed by atoms with Crippen molar-refractivity contribution in [3.63, 3.8) is 0 Å². The van der Waals surface area contributed by atoms with E-state index in [-0.39, 0.29) is 6.54 Å². The maximum atomic E-state index is 11.7. The Kier molecular flexibility index (Phi) is 8.50. The van der Waals surface area contributed by atoms with Gasteiger partial charge in [0.2, 0.25) is 5.84 Å². The van der Waals surface area contributed by atoms with Gasteiger partial charge in [-0.25, -0.2) is 9.79 Å². The Bertz CT molecular complexity index is 672. The monoisotopic (exact) mass is 382 g/mol. The number of alkyl carbamates (subject to hydrolysis) is 1. The molecule has 1 rings (SSSR count). The third-order valence-electron chi connectivity index (χ3n) is 2.69. The van der Waals surface area contributed by atoms with Gasteiger partial charge in [-0.3, -0.25) is 15.2 Å². The fraction of sp³-hybridized carbons (Fsp3) is 0.438. The molecule has 2 amide bonds. The van der Waals surface area contributed by atoms with Crippen LogP contribution in [0.25, 0.3) is 0 Å². The van der Waals surface area contributed by atoms with Gasteiger partial charge in [0.05, 0.1) is 23.6 Å². The number of nitrogens with one attached hydrogen (secondary N) is 4. The quantitative estimate of drug-likeness (QED) is 0.336. The van der Waals surface area contributed by atoms with Crippen molar-refractivity contribution in [1.82, 2.24) is 20.9 Å². The van der Waals surface area contributed by atoms with Gasteiger partial charge in [0, 0.05) is 19.3 Å². The summed E-state index contributed by atoms with van der Waals surface area (Å²) in [6.45, 7) is 6.09. The Labute approximate surface area is 157 Å². The summed E-state index contributed by atoms with van der Waals surface area (Å²) in [5.41, 5.74) is -0.0494. The molecule has 0 saturated heterocycles. The molecule has 142 valence electrons. The average molecular weight is 383 g/mol. The molecule has 0 aliphatic rings. The van der Waals surface area contributed by atoms with E-state index in [9.17, 15) is 9.59 Å². The van der Waals surface area contributed by atoms with Gasteiger partial charge >= 0.3 is 6.09 Å². The normalized spacial score (nSPS) is 11.1. The Morgan fingerprint density at radius 3 is 2.73 bits per heavy atom. The highest BCUT2D eigenvalue weighted by Gasteiger charge is 2.15. The van der Waals surface area contributed by atoms with E-state index in [1.165, 1.54) is 6.34 Å². The van der Waals surface area contributed by atoms with Crippen molar-refractivity contribution < 1.29 is 14.3 Å². The van der Waals surface area contributed by atoms with Crippen LogP contribution >= 0.6 is 11.6 Å². The molecule has 4 N–H and O–H groups in total. The van der Waals surface area contributed by atoms with E-state index in [1.807, 2.05) is 0 Å². The molecule has 0 aromatic carbocycles. The van der Waals surface area contributed by atoms with E-state index in [2.05, 4.69) is 25.9 Å². The number of amidine groups is 1. The molecule has 1 aromatic rings. The standard InChI is InChI=1S/C16H23ClN6O3/c1-16(2,3)26-15(25)21-8-7-19-10-23-13(18)14(24)22-9-12-11(17)5-4-6-20-12/h4-6,10H,7-9H2,1-3H3,(H,21,25)(H,22,24)(H2,18,19,23). The summed E-state index contributed by atoms with van der Waals surface area (Å²) in [7, 11) is 0. The molecule has 0 unspecified atom stereocenters. The number of halogens is 1. The van der Waals surface area contributed by atoms with E-state index < -0.39 is 23.4 Å². The third kappa shape index (κ3) is 8.97. The molecule has 26 heavy (non-hydrogen) atoms.